The lowest BCUT2D eigenvalue weighted by atomic mass is 9.68. The molecule has 1 saturated carbocycles. The number of carbonyl (C=O) groups is 2. The van der Waals surface area contributed by atoms with Gasteiger partial charge in [-0.2, -0.15) is 0 Å². The third kappa shape index (κ3) is 2.53. The van der Waals surface area contributed by atoms with E-state index in [2.05, 4.69) is 10.6 Å². The number of carbonyl (C=O) groups excluding carboxylic acids is 1. The van der Waals surface area contributed by atoms with E-state index in [0.717, 1.165) is 24.1 Å². The number of rotatable bonds is 4. The molecule has 0 aromatic heterocycles. The van der Waals surface area contributed by atoms with Crippen molar-refractivity contribution in [3.8, 4) is 0 Å². The largest absolute Gasteiger partial charge is 0.481 e. The van der Waals surface area contributed by atoms with Gasteiger partial charge in [-0.1, -0.05) is 30.7 Å². The predicted molar refractivity (Wildman–Crippen MR) is 77.8 cm³/mol. The van der Waals surface area contributed by atoms with E-state index in [4.69, 9.17) is 0 Å². The van der Waals surface area contributed by atoms with Crippen molar-refractivity contribution < 1.29 is 14.7 Å². The summed E-state index contributed by atoms with van der Waals surface area (Å²) in [6, 6.07) is 7.91. The fourth-order valence-corrected chi connectivity index (χ4v) is 3.18. The number of aliphatic carboxylic acids is 1. The van der Waals surface area contributed by atoms with Gasteiger partial charge in [0, 0.05) is 19.6 Å². The number of nitrogens with one attached hydrogen (secondary N) is 2. The van der Waals surface area contributed by atoms with Gasteiger partial charge in [-0.3, -0.25) is 9.59 Å². The SMILES string of the molecule is O=C(NCC1(C(=O)O)CCC1)C1CNCc2ccccc21. The van der Waals surface area contributed by atoms with Crippen LogP contribution in [-0.4, -0.2) is 30.1 Å². The maximum absolute atomic E-state index is 12.4. The molecule has 5 nitrogen and oxygen atoms in total. The van der Waals surface area contributed by atoms with E-state index < -0.39 is 11.4 Å². The van der Waals surface area contributed by atoms with Crippen molar-refractivity contribution >= 4 is 11.9 Å². The molecule has 21 heavy (non-hydrogen) atoms. The van der Waals surface area contributed by atoms with Gasteiger partial charge in [-0.25, -0.2) is 0 Å². The number of carboxylic acid groups (broad SMARTS) is 1. The molecule has 0 radical (unpaired) electrons. The van der Waals surface area contributed by atoms with Crippen LogP contribution in [0.5, 0.6) is 0 Å². The molecule has 1 heterocycles. The van der Waals surface area contributed by atoms with Crippen LogP contribution in [0, 0.1) is 5.41 Å². The van der Waals surface area contributed by atoms with Gasteiger partial charge in [0.25, 0.3) is 0 Å². The Kier molecular flexibility index (Phi) is 3.68. The highest BCUT2D eigenvalue weighted by Gasteiger charge is 2.44. The van der Waals surface area contributed by atoms with Crippen LogP contribution < -0.4 is 10.6 Å². The van der Waals surface area contributed by atoms with Gasteiger partial charge >= 0.3 is 5.97 Å². The van der Waals surface area contributed by atoms with Crippen molar-refractivity contribution in [1.29, 1.82) is 0 Å². The number of hydrogen-bond acceptors (Lipinski definition) is 3. The molecule has 1 atom stereocenters. The minimum atomic E-state index is -0.795. The van der Waals surface area contributed by atoms with E-state index in [1.54, 1.807) is 0 Å². The second-order valence-corrected chi connectivity index (χ2v) is 6.04. The topological polar surface area (TPSA) is 78.4 Å². The Labute approximate surface area is 123 Å². The molecule has 112 valence electrons. The van der Waals surface area contributed by atoms with E-state index in [1.807, 2.05) is 24.3 Å². The highest BCUT2D eigenvalue weighted by molar-refractivity contribution is 5.85. The summed E-state index contributed by atoms with van der Waals surface area (Å²) in [7, 11) is 0. The van der Waals surface area contributed by atoms with E-state index in [0.29, 0.717) is 19.4 Å². The number of benzene rings is 1. The molecule has 1 aliphatic heterocycles. The van der Waals surface area contributed by atoms with E-state index in [-0.39, 0.29) is 18.4 Å². The summed E-state index contributed by atoms with van der Waals surface area (Å²) in [5.41, 5.74) is 1.45. The zero-order valence-electron chi connectivity index (χ0n) is 11.9. The minimum absolute atomic E-state index is 0.0813. The van der Waals surface area contributed by atoms with Gasteiger partial charge in [0.15, 0.2) is 0 Å². The van der Waals surface area contributed by atoms with Crippen LogP contribution in [0.25, 0.3) is 0 Å². The lowest BCUT2D eigenvalue weighted by Gasteiger charge is -2.38. The smallest absolute Gasteiger partial charge is 0.311 e. The molecule has 1 fully saturated rings. The molecule has 1 aromatic carbocycles. The summed E-state index contributed by atoms with van der Waals surface area (Å²) < 4.78 is 0. The molecule has 3 N–H and O–H groups in total. The van der Waals surface area contributed by atoms with Crippen molar-refractivity contribution in [3.05, 3.63) is 35.4 Å². The minimum Gasteiger partial charge on any atom is -0.481 e. The zero-order chi connectivity index (χ0) is 14.9. The highest BCUT2D eigenvalue weighted by atomic mass is 16.4. The molecule has 2 aliphatic rings. The Morgan fingerprint density at radius 2 is 2.10 bits per heavy atom. The van der Waals surface area contributed by atoms with Crippen molar-refractivity contribution in [2.24, 2.45) is 5.41 Å². The van der Waals surface area contributed by atoms with E-state index >= 15 is 0 Å². The Hall–Kier alpha value is -1.88. The number of carboxylic acids is 1. The van der Waals surface area contributed by atoms with E-state index in [1.165, 1.54) is 0 Å². The molecular weight excluding hydrogens is 268 g/mol. The van der Waals surface area contributed by atoms with Gasteiger partial charge in [0.2, 0.25) is 5.91 Å². The van der Waals surface area contributed by atoms with Crippen LogP contribution in [0.3, 0.4) is 0 Å². The second kappa shape index (κ2) is 5.48. The lowest BCUT2D eigenvalue weighted by Crippen LogP contribution is -2.49. The first-order valence-electron chi connectivity index (χ1n) is 7.42. The average molecular weight is 288 g/mol. The van der Waals surface area contributed by atoms with Gasteiger partial charge < -0.3 is 15.7 Å². The summed E-state index contributed by atoms with van der Waals surface area (Å²) in [6.07, 6.45) is 2.24. The first-order valence-corrected chi connectivity index (χ1v) is 7.42. The molecule has 0 saturated heterocycles. The van der Waals surface area contributed by atoms with Crippen molar-refractivity contribution in [3.63, 3.8) is 0 Å². The molecule has 1 unspecified atom stereocenters. The number of amides is 1. The third-order valence-electron chi connectivity index (χ3n) is 4.78. The molecule has 3 rings (SSSR count). The van der Waals surface area contributed by atoms with Crippen LogP contribution in [0.15, 0.2) is 24.3 Å². The summed E-state index contributed by atoms with van der Waals surface area (Å²) >= 11 is 0. The monoisotopic (exact) mass is 288 g/mol. The van der Waals surface area contributed by atoms with Crippen molar-refractivity contribution in [2.45, 2.75) is 31.7 Å². The molecule has 1 amide bonds. The van der Waals surface area contributed by atoms with Crippen LogP contribution >= 0.6 is 0 Å². The maximum atomic E-state index is 12.4. The number of hydrogen-bond donors (Lipinski definition) is 3. The summed E-state index contributed by atoms with van der Waals surface area (Å²) in [6.45, 7) is 1.61. The first kappa shape index (κ1) is 14.1. The third-order valence-corrected chi connectivity index (χ3v) is 4.78. The quantitative estimate of drug-likeness (QED) is 0.779. The van der Waals surface area contributed by atoms with Crippen LogP contribution in [0.2, 0.25) is 0 Å². The molecule has 5 heteroatoms. The standard InChI is InChI=1S/C16H20N2O3/c19-14(18-10-16(15(20)21)6-3-7-16)13-9-17-8-11-4-1-2-5-12(11)13/h1-2,4-5,13,17H,3,6-10H2,(H,18,19)(H,20,21). The fraction of sp³-hybridized carbons (Fsp3) is 0.500. The van der Waals surface area contributed by atoms with Gasteiger partial charge in [-0.05, 0) is 24.0 Å². The average Bonchev–Trinajstić information content (AvgIpc) is 2.45. The Balaban J connectivity index is 1.68. The fourth-order valence-electron chi connectivity index (χ4n) is 3.18. The highest BCUT2D eigenvalue weighted by Crippen LogP contribution is 2.40. The Morgan fingerprint density at radius 3 is 2.76 bits per heavy atom. The molecule has 0 bridgehead atoms. The van der Waals surface area contributed by atoms with Crippen LogP contribution in [0.4, 0.5) is 0 Å². The number of fused-ring (bicyclic) bond motifs is 1. The summed E-state index contributed by atoms with van der Waals surface area (Å²) in [5, 5.41) is 15.4. The summed E-state index contributed by atoms with van der Waals surface area (Å²) in [4.78, 5) is 23.8. The van der Waals surface area contributed by atoms with Crippen LogP contribution in [-0.2, 0) is 16.1 Å². The predicted octanol–water partition coefficient (Wildman–Crippen LogP) is 1.24. The Bertz CT molecular complexity index is 566. The maximum Gasteiger partial charge on any atom is 0.311 e. The van der Waals surface area contributed by atoms with E-state index in [9.17, 15) is 14.7 Å². The van der Waals surface area contributed by atoms with Crippen LogP contribution in [0.1, 0.15) is 36.3 Å². The van der Waals surface area contributed by atoms with Gasteiger partial charge in [0.1, 0.15) is 0 Å². The van der Waals surface area contributed by atoms with Crippen molar-refractivity contribution in [1.82, 2.24) is 10.6 Å². The zero-order valence-corrected chi connectivity index (χ0v) is 11.9. The Morgan fingerprint density at radius 1 is 1.33 bits per heavy atom. The van der Waals surface area contributed by atoms with Crippen molar-refractivity contribution in [2.75, 3.05) is 13.1 Å². The normalized spacial score (nSPS) is 22.8. The molecule has 1 aliphatic carbocycles. The van der Waals surface area contributed by atoms with Gasteiger partial charge in [0.05, 0.1) is 11.3 Å². The summed E-state index contributed by atoms with van der Waals surface area (Å²) in [5.74, 6) is -1.11. The first-order chi connectivity index (χ1) is 10.1. The molecule has 1 aromatic rings. The lowest BCUT2D eigenvalue weighted by molar-refractivity contribution is -0.154. The molecule has 0 spiro atoms. The molecular formula is C16H20N2O3. The second-order valence-electron chi connectivity index (χ2n) is 6.04. The van der Waals surface area contributed by atoms with Gasteiger partial charge in [-0.15, -0.1) is 0 Å².